The summed E-state index contributed by atoms with van der Waals surface area (Å²) in [6.07, 6.45) is -4.55. The first kappa shape index (κ1) is 23.2. The number of alkyl halides is 3. The zero-order valence-electron chi connectivity index (χ0n) is 15.9. The van der Waals surface area contributed by atoms with Gasteiger partial charge in [0, 0.05) is 17.3 Å². The van der Waals surface area contributed by atoms with Gasteiger partial charge in [0.05, 0.1) is 10.5 Å². The molecule has 0 aliphatic rings. The predicted octanol–water partition coefficient (Wildman–Crippen LogP) is 3.44. The molecular weight excluding hydrogens is 423 g/mol. The van der Waals surface area contributed by atoms with Gasteiger partial charge in [-0.1, -0.05) is 0 Å². The van der Waals surface area contributed by atoms with Crippen molar-refractivity contribution in [3.63, 3.8) is 0 Å². The zero-order valence-corrected chi connectivity index (χ0v) is 16.8. The minimum atomic E-state index is -4.55. The Hall–Kier alpha value is -3.10. The Kier molecular flexibility index (Phi) is 7.07. The lowest BCUT2D eigenvalue weighted by Crippen LogP contribution is -2.30. The topological polar surface area (TPSA) is 108 Å². The number of carbonyl (C=O) groups is 1. The van der Waals surface area contributed by atoms with Crippen molar-refractivity contribution in [2.24, 2.45) is 0 Å². The first-order valence-electron chi connectivity index (χ1n) is 8.59. The van der Waals surface area contributed by atoms with E-state index in [4.69, 9.17) is 5.26 Å². The van der Waals surface area contributed by atoms with Gasteiger partial charge in [0.1, 0.15) is 11.8 Å². The number of hydrogen-bond donors (Lipinski definition) is 2. The van der Waals surface area contributed by atoms with Gasteiger partial charge in [-0.2, -0.15) is 18.4 Å². The van der Waals surface area contributed by atoms with Gasteiger partial charge >= 0.3 is 6.18 Å². The minimum Gasteiger partial charge on any atom is -0.483 e. The molecule has 0 atom stereocenters. The van der Waals surface area contributed by atoms with Gasteiger partial charge in [0.25, 0.3) is 5.91 Å². The summed E-state index contributed by atoms with van der Waals surface area (Å²) in [5.41, 5.74) is 0.127. The third-order valence-corrected chi connectivity index (χ3v) is 5.24. The summed E-state index contributed by atoms with van der Waals surface area (Å²) in [5.74, 6) is -0.858. The summed E-state index contributed by atoms with van der Waals surface area (Å²) in [7, 11) is -3.70. The van der Waals surface area contributed by atoms with Crippen LogP contribution in [0.15, 0.2) is 47.4 Å². The SMILES string of the molecule is CC(C)NS(=O)(=O)c1ccc(C(=O)Nc2ccc(OCC(F)(F)F)c(C#N)c2)cc1. The molecule has 0 spiro atoms. The van der Waals surface area contributed by atoms with E-state index in [1.165, 1.54) is 36.4 Å². The Bertz CT molecular complexity index is 1060. The van der Waals surface area contributed by atoms with E-state index in [9.17, 15) is 26.4 Å². The van der Waals surface area contributed by atoms with Crippen LogP contribution in [-0.4, -0.2) is 33.1 Å². The normalized spacial score (nSPS) is 11.8. The highest BCUT2D eigenvalue weighted by molar-refractivity contribution is 7.89. The van der Waals surface area contributed by atoms with Crippen LogP contribution in [0.2, 0.25) is 0 Å². The number of nitrogens with zero attached hydrogens (tertiary/aromatic N) is 1. The second-order valence-corrected chi connectivity index (χ2v) is 8.20. The number of carbonyl (C=O) groups excluding carboxylic acids is 1. The molecule has 2 N–H and O–H groups in total. The van der Waals surface area contributed by atoms with Crippen molar-refractivity contribution in [3.8, 4) is 11.8 Å². The van der Waals surface area contributed by atoms with Crippen LogP contribution in [-0.2, 0) is 10.0 Å². The van der Waals surface area contributed by atoms with E-state index in [0.717, 1.165) is 6.07 Å². The molecule has 0 bridgehead atoms. The number of hydrogen-bond acceptors (Lipinski definition) is 5. The third kappa shape index (κ3) is 6.47. The Morgan fingerprint density at radius 2 is 1.80 bits per heavy atom. The van der Waals surface area contributed by atoms with Gasteiger partial charge < -0.3 is 10.1 Å². The number of anilines is 1. The lowest BCUT2D eigenvalue weighted by molar-refractivity contribution is -0.153. The van der Waals surface area contributed by atoms with E-state index < -0.39 is 28.7 Å². The van der Waals surface area contributed by atoms with E-state index in [1.54, 1.807) is 19.9 Å². The van der Waals surface area contributed by atoms with Crippen molar-refractivity contribution in [1.29, 1.82) is 5.26 Å². The number of nitrogens with one attached hydrogen (secondary N) is 2. The van der Waals surface area contributed by atoms with Gasteiger partial charge in [-0.25, -0.2) is 13.1 Å². The van der Waals surface area contributed by atoms with Gasteiger partial charge in [0.2, 0.25) is 10.0 Å². The number of rotatable bonds is 7. The van der Waals surface area contributed by atoms with Gasteiger partial charge in [-0.05, 0) is 56.3 Å². The predicted molar refractivity (Wildman–Crippen MR) is 103 cm³/mol. The lowest BCUT2D eigenvalue weighted by atomic mass is 10.1. The molecule has 0 aromatic heterocycles. The molecule has 0 heterocycles. The Labute approximate surface area is 171 Å². The molecule has 11 heteroatoms. The first-order valence-corrected chi connectivity index (χ1v) is 10.1. The van der Waals surface area contributed by atoms with E-state index in [0.29, 0.717) is 0 Å². The number of nitriles is 1. The zero-order chi connectivity index (χ0) is 22.5. The fourth-order valence-electron chi connectivity index (χ4n) is 2.35. The first-order chi connectivity index (χ1) is 13.9. The minimum absolute atomic E-state index is 0.00863. The molecule has 0 saturated heterocycles. The Morgan fingerprint density at radius 3 is 2.33 bits per heavy atom. The van der Waals surface area contributed by atoms with Crippen LogP contribution in [0.3, 0.4) is 0 Å². The monoisotopic (exact) mass is 441 g/mol. The number of amides is 1. The van der Waals surface area contributed by atoms with Crippen LogP contribution < -0.4 is 14.8 Å². The fraction of sp³-hybridized carbons (Fsp3) is 0.263. The second kappa shape index (κ2) is 9.15. The van der Waals surface area contributed by atoms with Crippen LogP contribution in [0.1, 0.15) is 29.8 Å². The van der Waals surface area contributed by atoms with E-state index in [-0.39, 0.29) is 33.5 Å². The maximum absolute atomic E-state index is 12.4. The van der Waals surface area contributed by atoms with Crippen molar-refractivity contribution < 1.29 is 31.1 Å². The molecule has 0 aliphatic heterocycles. The molecule has 2 aromatic rings. The molecule has 0 aliphatic carbocycles. The van der Waals surface area contributed by atoms with Crippen LogP contribution in [0.25, 0.3) is 0 Å². The van der Waals surface area contributed by atoms with Gasteiger partial charge in [-0.3, -0.25) is 4.79 Å². The average Bonchev–Trinajstić information content (AvgIpc) is 2.65. The highest BCUT2D eigenvalue weighted by atomic mass is 32.2. The lowest BCUT2D eigenvalue weighted by Gasteiger charge is -2.12. The molecule has 30 heavy (non-hydrogen) atoms. The van der Waals surface area contributed by atoms with E-state index in [1.807, 2.05) is 0 Å². The number of benzene rings is 2. The van der Waals surface area contributed by atoms with Crippen molar-refractivity contribution in [3.05, 3.63) is 53.6 Å². The highest BCUT2D eigenvalue weighted by Crippen LogP contribution is 2.25. The highest BCUT2D eigenvalue weighted by Gasteiger charge is 2.29. The van der Waals surface area contributed by atoms with E-state index >= 15 is 0 Å². The van der Waals surface area contributed by atoms with Gasteiger partial charge in [0.15, 0.2) is 6.61 Å². The fourth-order valence-corrected chi connectivity index (χ4v) is 3.60. The Balaban J connectivity index is 2.13. The summed E-state index contributed by atoms with van der Waals surface area (Å²) < 4.78 is 68.0. The second-order valence-electron chi connectivity index (χ2n) is 6.48. The number of sulfonamides is 1. The maximum Gasteiger partial charge on any atom is 0.422 e. The molecule has 0 saturated carbocycles. The molecule has 1 amide bonds. The molecule has 160 valence electrons. The molecule has 0 fully saturated rings. The van der Waals surface area contributed by atoms with Crippen molar-refractivity contribution in [2.45, 2.75) is 31.0 Å². The summed E-state index contributed by atoms with van der Waals surface area (Å²) in [4.78, 5) is 12.3. The van der Waals surface area contributed by atoms with E-state index in [2.05, 4.69) is 14.8 Å². The summed E-state index contributed by atoms with van der Waals surface area (Å²) in [6, 6.07) is 10.2. The Morgan fingerprint density at radius 1 is 1.17 bits per heavy atom. The molecule has 0 radical (unpaired) electrons. The van der Waals surface area contributed by atoms with Crippen molar-refractivity contribution >= 4 is 21.6 Å². The van der Waals surface area contributed by atoms with Crippen LogP contribution >= 0.6 is 0 Å². The summed E-state index contributed by atoms with van der Waals surface area (Å²) in [6.45, 7) is 1.80. The average molecular weight is 441 g/mol. The molecule has 2 rings (SSSR count). The third-order valence-electron chi connectivity index (χ3n) is 3.57. The smallest absolute Gasteiger partial charge is 0.422 e. The van der Waals surface area contributed by atoms with Crippen LogP contribution in [0.4, 0.5) is 18.9 Å². The quantitative estimate of drug-likeness (QED) is 0.684. The molecule has 2 aromatic carbocycles. The maximum atomic E-state index is 12.4. The van der Waals surface area contributed by atoms with Crippen molar-refractivity contribution in [1.82, 2.24) is 4.72 Å². The van der Waals surface area contributed by atoms with Crippen LogP contribution in [0, 0.1) is 11.3 Å². The molecule has 7 nitrogen and oxygen atoms in total. The standard InChI is InChI=1S/C19H18F3N3O4S/c1-12(2)25-30(27,28)16-6-3-13(4-7-16)18(26)24-15-5-8-17(14(9-15)10-23)29-11-19(20,21)22/h3-9,12,25H,11H2,1-2H3,(H,24,26). The summed E-state index contributed by atoms with van der Waals surface area (Å²) in [5, 5.41) is 11.6. The van der Waals surface area contributed by atoms with Gasteiger partial charge in [-0.15, -0.1) is 0 Å². The number of halogens is 3. The van der Waals surface area contributed by atoms with Crippen LogP contribution in [0.5, 0.6) is 5.75 Å². The largest absolute Gasteiger partial charge is 0.483 e. The molecule has 0 unspecified atom stereocenters. The molecular formula is C19H18F3N3O4S. The summed E-state index contributed by atoms with van der Waals surface area (Å²) >= 11 is 0. The number of ether oxygens (including phenoxy) is 1. The van der Waals surface area contributed by atoms with Crippen molar-refractivity contribution in [2.75, 3.05) is 11.9 Å².